The lowest BCUT2D eigenvalue weighted by molar-refractivity contribution is -0.0376. The Morgan fingerprint density at radius 2 is 2.13 bits per heavy atom. The fraction of sp³-hybridized carbons (Fsp3) is 1.00. The summed E-state index contributed by atoms with van der Waals surface area (Å²) < 4.78 is 5.19. The number of nitrogens with two attached hydrogens (primary N) is 1. The smallest absolute Gasteiger partial charge is 0.0516 e. The summed E-state index contributed by atoms with van der Waals surface area (Å²) in [5.74, 6) is 0.853. The summed E-state index contributed by atoms with van der Waals surface area (Å²) >= 11 is 0. The summed E-state index contributed by atoms with van der Waals surface area (Å²) in [6.45, 7) is 5.36. The van der Waals surface area contributed by atoms with Gasteiger partial charge in [0.1, 0.15) is 0 Å². The van der Waals surface area contributed by atoms with Gasteiger partial charge in [0, 0.05) is 18.5 Å². The molecule has 15 heavy (non-hydrogen) atoms. The van der Waals surface area contributed by atoms with Crippen molar-refractivity contribution in [3.05, 3.63) is 0 Å². The van der Waals surface area contributed by atoms with Gasteiger partial charge in [0.15, 0.2) is 0 Å². The van der Waals surface area contributed by atoms with Crippen LogP contribution in [0.25, 0.3) is 0 Å². The average molecular weight is 212 g/mol. The van der Waals surface area contributed by atoms with Crippen molar-refractivity contribution in [2.75, 3.05) is 32.8 Å². The van der Waals surface area contributed by atoms with Crippen LogP contribution in [-0.4, -0.2) is 43.8 Å². The number of hydrogen-bond donors (Lipinski definition) is 1. The molecule has 2 fully saturated rings. The van der Waals surface area contributed by atoms with E-state index in [4.69, 9.17) is 10.5 Å². The minimum atomic E-state index is 0.663. The van der Waals surface area contributed by atoms with Gasteiger partial charge in [0.25, 0.3) is 0 Å². The van der Waals surface area contributed by atoms with E-state index in [0.29, 0.717) is 6.04 Å². The molecule has 0 bridgehead atoms. The molecule has 2 saturated heterocycles. The number of hydrogen-bond acceptors (Lipinski definition) is 3. The summed E-state index contributed by atoms with van der Waals surface area (Å²) in [5.41, 5.74) is 5.80. The molecule has 2 rings (SSSR count). The Balaban J connectivity index is 1.62. The maximum absolute atomic E-state index is 5.80. The summed E-state index contributed by atoms with van der Waals surface area (Å²) in [6.07, 6.45) is 6.71. The van der Waals surface area contributed by atoms with Crippen molar-refractivity contribution in [1.82, 2.24) is 4.90 Å². The fourth-order valence-corrected chi connectivity index (χ4v) is 2.66. The van der Waals surface area contributed by atoms with Gasteiger partial charge in [-0.2, -0.15) is 0 Å². The third-order valence-electron chi connectivity index (χ3n) is 3.79. The molecule has 0 radical (unpaired) electrons. The van der Waals surface area contributed by atoms with Gasteiger partial charge in [-0.25, -0.2) is 0 Å². The van der Waals surface area contributed by atoms with E-state index in [1.54, 1.807) is 0 Å². The van der Waals surface area contributed by atoms with Crippen LogP contribution in [0.2, 0.25) is 0 Å². The molecule has 2 aliphatic heterocycles. The van der Waals surface area contributed by atoms with Gasteiger partial charge in [-0.15, -0.1) is 0 Å². The highest BCUT2D eigenvalue weighted by Crippen LogP contribution is 2.20. The molecule has 0 saturated carbocycles. The van der Waals surface area contributed by atoms with Gasteiger partial charge in [-0.05, 0) is 38.8 Å². The van der Waals surface area contributed by atoms with Gasteiger partial charge in [-0.1, -0.05) is 6.42 Å². The van der Waals surface area contributed by atoms with Crippen LogP contribution in [0.3, 0.4) is 0 Å². The zero-order valence-corrected chi connectivity index (χ0v) is 9.66. The van der Waals surface area contributed by atoms with E-state index in [1.165, 1.54) is 45.2 Å². The topological polar surface area (TPSA) is 38.5 Å². The molecule has 0 aliphatic carbocycles. The molecule has 0 aromatic carbocycles. The Bertz CT molecular complexity index is 182. The number of piperidine rings is 1. The predicted molar refractivity (Wildman–Crippen MR) is 61.8 cm³/mol. The fourth-order valence-electron chi connectivity index (χ4n) is 2.66. The molecule has 2 heterocycles. The minimum absolute atomic E-state index is 0.663. The monoisotopic (exact) mass is 212 g/mol. The van der Waals surface area contributed by atoms with Gasteiger partial charge >= 0.3 is 0 Å². The van der Waals surface area contributed by atoms with Crippen LogP contribution in [0.4, 0.5) is 0 Å². The number of ether oxygens (including phenoxy) is 1. The van der Waals surface area contributed by atoms with Crippen LogP contribution >= 0.6 is 0 Å². The van der Waals surface area contributed by atoms with E-state index >= 15 is 0 Å². The van der Waals surface area contributed by atoms with E-state index < -0.39 is 0 Å². The SMILES string of the molecule is NCC1CCCCN1CCCC1COC1. The predicted octanol–water partition coefficient (Wildman–Crippen LogP) is 1.23. The lowest BCUT2D eigenvalue weighted by atomic mass is 9.99. The summed E-state index contributed by atoms with van der Waals surface area (Å²) in [6, 6.07) is 0.663. The number of nitrogens with zero attached hydrogens (tertiary/aromatic N) is 1. The van der Waals surface area contributed by atoms with Gasteiger partial charge in [0.2, 0.25) is 0 Å². The standard InChI is InChI=1S/C12H24N2O/c13-8-12-5-1-2-6-14(12)7-3-4-11-9-15-10-11/h11-12H,1-10,13H2. The van der Waals surface area contributed by atoms with E-state index in [1.807, 2.05) is 0 Å². The molecule has 0 amide bonds. The van der Waals surface area contributed by atoms with E-state index in [9.17, 15) is 0 Å². The van der Waals surface area contributed by atoms with E-state index in [2.05, 4.69) is 4.90 Å². The Hall–Kier alpha value is -0.120. The molecule has 3 nitrogen and oxygen atoms in total. The molecule has 1 unspecified atom stereocenters. The van der Waals surface area contributed by atoms with Crippen molar-refractivity contribution in [3.8, 4) is 0 Å². The van der Waals surface area contributed by atoms with Crippen molar-refractivity contribution in [2.24, 2.45) is 11.7 Å². The zero-order valence-electron chi connectivity index (χ0n) is 9.66. The van der Waals surface area contributed by atoms with E-state index in [0.717, 1.165) is 25.7 Å². The lowest BCUT2D eigenvalue weighted by Gasteiger charge is -2.35. The van der Waals surface area contributed by atoms with Crippen molar-refractivity contribution in [3.63, 3.8) is 0 Å². The first-order valence-corrected chi connectivity index (χ1v) is 6.42. The Morgan fingerprint density at radius 1 is 1.27 bits per heavy atom. The quantitative estimate of drug-likeness (QED) is 0.745. The van der Waals surface area contributed by atoms with Crippen LogP contribution in [0.5, 0.6) is 0 Å². The number of likely N-dealkylation sites (tertiary alicyclic amines) is 1. The number of rotatable bonds is 5. The molecule has 0 aromatic heterocycles. The highest BCUT2D eigenvalue weighted by Gasteiger charge is 2.22. The molecule has 2 N–H and O–H groups in total. The third-order valence-corrected chi connectivity index (χ3v) is 3.79. The van der Waals surface area contributed by atoms with E-state index in [-0.39, 0.29) is 0 Å². The Morgan fingerprint density at radius 3 is 2.80 bits per heavy atom. The normalized spacial score (nSPS) is 29.0. The molecular formula is C12H24N2O. The summed E-state index contributed by atoms with van der Waals surface area (Å²) in [7, 11) is 0. The Kier molecular flexibility index (Phi) is 4.42. The van der Waals surface area contributed by atoms with Crippen molar-refractivity contribution in [2.45, 2.75) is 38.1 Å². The molecule has 3 heteroatoms. The van der Waals surface area contributed by atoms with Gasteiger partial charge < -0.3 is 10.5 Å². The zero-order chi connectivity index (χ0) is 10.5. The Labute approximate surface area is 93.0 Å². The van der Waals surface area contributed by atoms with Crippen LogP contribution in [0.15, 0.2) is 0 Å². The molecule has 1 atom stereocenters. The van der Waals surface area contributed by atoms with Crippen molar-refractivity contribution < 1.29 is 4.74 Å². The molecule has 2 aliphatic rings. The van der Waals surface area contributed by atoms with Crippen LogP contribution < -0.4 is 5.73 Å². The first-order chi connectivity index (χ1) is 7.40. The van der Waals surface area contributed by atoms with Crippen molar-refractivity contribution >= 4 is 0 Å². The molecular weight excluding hydrogens is 188 g/mol. The molecule has 88 valence electrons. The van der Waals surface area contributed by atoms with Crippen LogP contribution in [0.1, 0.15) is 32.1 Å². The van der Waals surface area contributed by atoms with Crippen molar-refractivity contribution in [1.29, 1.82) is 0 Å². The molecule has 0 aromatic rings. The maximum Gasteiger partial charge on any atom is 0.0516 e. The highest BCUT2D eigenvalue weighted by atomic mass is 16.5. The van der Waals surface area contributed by atoms with Crippen LogP contribution in [-0.2, 0) is 4.74 Å². The molecule has 0 spiro atoms. The van der Waals surface area contributed by atoms with Crippen LogP contribution in [0, 0.1) is 5.92 Å². The second-order valence-electron chi connectivity index (χ2n) is 4.97. The average Bonchev–Trinajstić information content (AvgIpc) is 2.22. The summed E-state index contributed by atoms with van der Waals surface area (Å²) in [4.78, 5) is 2.60. The van der Waals surface area contributed by atoms with Gasteiger partial charge in [0.05, 0.1) is 13.2 Å². The second kappa shape index (κ2) is 5.83. The first kappa shape index (κ1) is 11.4. The minimum Gasteiger partial charge on any atom is -0.381 e. The maximum atomic E-state index is 5.80. The second-order valence-corrected chi connectivity index (χ2v) is 4.97. The lowest BCUT2D eigenvalue weighted by Crippen LogP contribution is -2.44. The largest absolute Gasteiger partial charge is 0.381 e. The van der Waals surface area contributed by atoms with Gasteiger partial charge in [-0.3, -0.25) is 4.90 Å². The first-order valence-electron chi connectivity index (χ1n) is 6.42. The summed E-state index contributed by atoms with van der Waals surface area (Å²) in [5, 5.41) is 0. The third kappa shape index (κ3) is 3.16. The highest BCUT2D eigenvalue weighted by molar-refractivity contribution is 4.78.